The van der Waals surface area contributed by atoms with Gasteiger partial charge in [-0.1, -0.05) is 12.1 Å². The monoisotopic (exact) mass is 291 g/mol. The van der Waals surface area contributed by atoms with Gasteiger partial charge in [0.15, 0.2) is 6.61 Å². The van der Waals surface area contributed by atoms with Gasteiger partial charge in [-0.3, -0.25) is 9.59 Å². The Balaban J connectivity index is 1.78. The zero-order chi connectivity index (χ0) is 15.2. The van der Waals surface area contributed by atoms with Crippen LogP contribution in [0.25, 0.3) is 0 Å². The fourth-order valence-electron chi connectivity index (χ4n) is 2.23. The van der Waals surface area contributed by atoms with Crippen LogP contribution < -0.4 is 10.5 Å². The molecule has 0 atom stereocenters. The summed E-state index contributed by atoms with van der Waals surface area (Å²) in [6.07, 6.45) is 0. The topological polar surface area (TPSA) is 75.9 Å². The highest BCUT2D eigenvalue weighted by molar-refractivity contribution is 5.78. The molecule has 2 rings (SSSR count). The molecule has 0 bridgehead atoms. The highest BCUT2D eigenvalue weighted by Crippen LogP contribution is 2.12. The Morgan fingerprint density at radius 1 is 1.10 bits per heavy atom. The van der Waals surface area contributed by atoms with Crippen molar-refractivity contribution in [2.45, 2.75) is 13.5 Å². The third-order valence-corrected chi connectivity index (χ3v) is 3.60. The summed E-state index contributed by atoms with van der Waals surface area (Å²) in [5, 5.41) is 0. The predicted octanol–water partition coefficient (Wildman–Crippen LogP) is 0.215. The molecule has 1 aromatic carbocycles. The maximum absolute atomic E-state index is 12.0. The Kier molecular flexibility index (Phi) is 5.16. The lowest BCUT2D eigenvalue weighted by atomic mass is 10.2. The van der Waals surface area contributed by atoms with Crippen LogP contribution in [0, 0.1) is 0 Å². The maximum atomic E-state index is 12.0. The van der Waals surface area contributed by atoms with Gasteiger partial charge in [0.25, 0.3) is 5.91 Å². The number of hydrogen-bond acceptors (Lipinski definition) is 4. The molecular formula is C15H21N3O3. The Morgan fingerprint density at radius 3 is 2.19 bits per heavy atom. The number of carbonyl (C=O) groups is 2. The molecule has 1 fully saturated rings. The van der Waals surface area contributed by atoms with Crippen molar-refractivity contribution in [2.24, 2.45) is 5.73 Å². The first kappa shape index (κ1) is 15.3. The molecule has 0 aromatic heterocycles. The average molecular weight is 291 g/mol. The van der Waals surface area contributed by atoms with Gasteiger partial charge in [0.05, 0.1) is 0 Å². The number of ether oxygens (including phenoxy) is 1. The number of nitrogens with zero attached hydrogens (tertiary/aromatic N) is 2. The van der Waals surface area contributed by atoms with Crippen LogP contribution in [0.4, 0.5) is 0 Å². The zero-order valence-electron chi connectivity index (χ0n) is 12.2. The van der Waals surface area contributed by atoms with Gasteiger partial charge in [0.2, 0.25) is 5.91 Å². The van der Waals surface area contributed by atoms with E-state index in [0.717, 1.165) is 5.56 Å². The average Bonchev–Trinajstić information content (AvgIpc) is 2.53. The molecule has 0 unspecified atom stereocenters. The van der Waals surface area contributed by atoms with Crippen molar-refractivity contribution in [3.05, 3.63) is 29.8 Å². The molecule has 1 heterocycles. The molecule has 6 heteroatoms. The van der Waals surface area contributed by atoms with Crippen LogP contribution in [0.1, 0.15) is 12.5 Å². The minimum atomic E-state index is -0.0545. The van der Waals surface area contributed by atoms with Crippen LogP contribution in [0.2, 0.25) is 0 Å². The fourth-order valence-corrected chi connectivity index (χ4v) is 2.23. The Bertz CT molecular complexity index is 493. The van der Waals surface area contributed by atoms with Crippen molar-refractivity contribution in [3.8, 4) is 5.75 Å². The number of benzene rings is 1. The first-order valence-corrected chi connectivity index (χ1v) is 7.05. The van der Waals surface area contributed by atoms with E-state index in [2.05, 4.69) is 0 Å². The summed E-state index contributed by atoms with van der Waals surface area (Å²) in [5.74, 6) is 0.655. The number of amides is 2. The van der Waals surface area contributed by atoms with Crippen LogP contribution in [0.3, 0.4) is 0 Å². The second kappa shape index (κ2) is 7.08. The van der Waals surface area contributed by atoms with Crippen molar-refractivity contribution in [1.29, 1.82) is 0 Å². The molecule has 1 saturated heterocycles. The number of rotatable bonds is 4. The van der Waals surface area contributed by atoms with E-state index in [1.807, 2.05) is 24.3 Å². The summed E-state index contributed by atoms with van der Waals surface area (Å²) >= 11 is 0. The van der Waals surface area contributed by atoms with Gasteiger partial charge in [-0.15, -0.1) is 0 Å². The first-order chi connectivity index (χ1) is 10.1. The Labute approximate surface area is 124 Å². The van der Waals surface area contributed by atoms with Gasteiger partial charge >= 0.3 is 0 Å². The van der Waals surface area contributed by atoms with E-state index < -0.39 is 0 Å². The van der Waals surface area contributed by atoms with Crippen molar-refractivity contribution in [1.82, 2.24) is 9.80 Å². The molecule has 0 saturated carbocycles. The minimum Gasteiger partial charge on any atom is -0.484 e. The van der Waals surface area contributed by atoms with Crippen LogP contribution >= 0.6 is 0 Å². The highest BCUT2D eigenvalue weighted by Gasteiger charge is 2.22. The van der Waals surface area contributed by atoms with Crippen molar-refractivity contribution in [3.63, 3.8) is 0 Å². The lowest BCUT2D eigenvalue weighted by molar-refractivity contribution is -0.139. The van der Waals surface area contributed by atoms with Gasteiger partial charge in [-0.2, -0.15) is 0 Å². The summed E-state index contributed by atoms with van der Waals surface area (Å²) in [4.78, 5) is 26.8. The maximum Gasteiger partial charge on any atom is 0.260 e. The molecule has 1 aliphatic heterocycles. The smallest absolute Gasteiger partial charge is 0.260 e. The first-order valence-electron chi connectivity index (χ1n) is 7.05. The van der Waals surface area contributed by atoms with E-state index >= 15 is 0 Å². The molecule has 21 heavy (non-hydrogen) atoms. The number of hydrogen-bond donors (Lipinski definition) is 1. The molecule has 1 aromatic rings. The lowest BCUT2D eigenvalue weighted by Crippen LogP contribution is -2.51. The summed E-state index contributed by atoms with van der Waals surface area (Å²) in [6, 6.07) is 7.38. The van der Waals surface area contributed by atoms with Crippen LogP contribution in [-0.4, -0.2) is 54.4 Å². The zero-order valence-corrected chi connectivity index (χ0v) is 12.2. The third-order valence-electron chi connectivity index (χ3n) is 3.60. The molecule has 1 aliphatic rings. The van der Waals surface area contributed by atoms with E-state index in [4.69, 9.17) is 10.5 Å². The van der Waals surface area contributed by atoms with Gasteiger partial charge in [-0.05, 0) is 17.7 Å². The quantitative estimate of drug-likeness (QED) is 0.860. The molecular weight excluding hydrogens is 270 g/mol. The normalized spacial score (nSPS) is 15.0. The second-order valence-corrected chi connectivity index (χ2v) is 5.02. The molecule has 2 amide bonds. The molecule has 0 spiro atoms. The Hall–Kier alpha value is -2.08. The van der Waals surface area contributed by atoms with Gasteiger partial charge < -0.3 is 20.3 Å². The SMILES string of the molecule is CC(=O)N1CCN(C(=O)COc2ccc(CN)cc2)CC1. The van der Waals surface area contributed by atoms with E-state index in [-0.39, 0.29) is 18.4 Å². The van der Waals surface area contributed by atoms with Gasteiger partial charge in [0, 0.05) is 39.6 Å². The summed E-state index contributed by atoms with van der Waals surface area (Å²) < 4.78 is 5.48. The molecule has 2 N–H and O–H groups in total. The summed E-state index contributed by atoms with van der Waals surface area (Å²) in [5.41, 5.74) is 6.54. The van der Waals surface area contributed by atoms with Crippen molar-refractivity contribution in [2.75, 3.05) is 32.8 Å². The third kappa shape index (κ3) is 4.19. The number of piperazine rings is 1. The molecule has 0 radical (unpaired) electrons. The number of nitrogens with two attached hydrogens (primary N) is 1. The minimum absolute atomic E-state index is 0.0159. The largest absolute Gasteiger partial charge is 0.484 e. The van der Waals surface area contributed by atoms with Crippen LogP contribution in [0.15, 0.2) is 24.3 Å². The van der Waals surface area contributed by atoms with E-state index in [1.165, 1.54) is 0 Å². The van der Waals surface area contributed by atoms with Gasteiger partial charge in [-0.25, -0.2) is 0 Å². The van der Waals surface area contributed by atoms with Crippen molar-refractivity contribution >= 4 is 11.8 Å². The number of carbonyl (C=O) groups excluding carboxylic acids is 2. The van der Waals surface area contributed by atoms with Crippen LogP contribution in [0.5, 0.6) is 5.75 Å². The second-order valence-electron chi connectivity index (χ2n) is 5.02. The standard InChI is InChI=1S/C15H21N3O3/c1-12(19)17-6-8-18(9-7-17)15(20)11-21-14-4-2-13(10-16)3-5-14/h2-5H,6-11,16H2,1H3. The molecule has 114 valence electrons. The Morgan fingerprint density at radius 2 is 1.67 bits per heavy atom. The summed E-state index contributed by atoms with van der Waals surface area (Å²) in [6.45, 7) is 4.35. The summed E-state index contributed by atoms with van der Waals surface area (Å²) in [7, 11) is 0. The highest BCUT2D eigenvalue weighted by atomic mass is 16.5. The van der Waals surface area contributed by atoms with E-state index in [1.54, 1.807) is 16.7 Å². The van der Waals surface area contributed by atoms with Gasteiger partial charge in [0.1, 0.15) is 5.75 Å². The fraction of sp³-hybridized carbons (Fsp3) is 0.467. The van der Waals surface area contributed by atoms with E-state index in [9.17, 15) is 9.59 Å². The predicted molar refractivity (Wildman–Crippen MR) is 78.7 cm³/mol. The molecule has 0 aliphatic carbocycles. The van der Waals surface area contributed by atoms with Crippen LogP contribution in [-0.2, 0) is 16.1 Å². The lowest BCUT2D eigenvalue weighted by Gasteiger charge is -2.34. The molecule has 6 nitrogen and oxygen atoms in total. The van der Waals surface area contributed by atoms with E-state index in [0.29, 0.717) is 38.5 Å². The van der Waals surface area contributed by atoms with Crippen molar-refractivity contribution < 1.29 is 14.3 Å².